The summed E-state index contributed by atoms with van der Waals surface area (Å²) in [7, 11) is 0. The summed E-state index contributed by atoms with van der Waals surface area (Å²) < 4.78 is 2.32. The van der Waals surface area contributed by atoms with Crippen LogP contribution in [0.5, 0.6) is 0 Å². The summed E-state index contributed by atoms with van der Waals surface area (Å²) in [4.78, 5) is 10.7. The van der Waals surface area contributed by atoms with E-state index in [4.69, 9.17) is 5.11 Å². The molecule has 1 fully saturated rings. The Kier molecular flexibility index (Phi) is 3.28. The van der Waals surface area contributed by atoms with Gasteiger partial charge in [0.2, 0.25) is 0 Å². The van der Waals surface area contributed by atoms with Crippen LogP contribution in [0.2, 0.25) is 0 Å². The van der Waals surface area contributed by atoms with Crippen molar-refractivity contribution in [2.45, 2.75) is 38.6 Å². The predicted octanol–water partition coefficient (Wildman–Crippen LogP) is 3.46. The van der Waals surface area contributed by atoms with E-state index in [1.54, 1.807) is 0 Å². The summed E-state index contributed by atoms with van der Waals surface area (Å²) >= 11 is 0. The molecule has 100 valence electrons. The fraction of sp³-hybridized carbons (Fsp3) is 0.438. The number of hydrogen-bond donors (Lipinski definition) is 1. The van der Waals surface area contributed by atoms with Crippen molar-refractivity contribution in [3.05, 3.63) is 36.0 Å². The zero-order valence-electron chi connectivity index (χ0n) is 11.0. The third-order valence-corrected chi connectivity index (χ3v) is 4.16. The molecule has 0 saturated heterocycles. The predicted molar refractivity (Wildman–Crippen MR) is 75.2 cm³/mol. The number of fused-ring (bicyclic) bond motifs is 1. The van der Waals surface area contributed by atoms with Gasteiger partial charge in [0.25, 0.3) is 0 Å². The lowest BCUT2D eigenvalue weighted by atomic mass is 9.85. The van der Waals surface area contributed by atoms with Crippen molar-refractivity contribution in [2.24, 2.45) is 5.92 Å². The van der Waals surface area contributed by atoms with Gasteiger partial charge in [-0.05, 0) is 36.8 Å². The summed E-state index contributed by atoms with van der Waals surface area (Å²) in [6, 6.07) is 8.32. The third-order valence-electron chi connectivity index (χ3n) is 4.16. The van der Waals surface area contributed by atoms with Gasteiger partial charge in [0.1, 0.15) is 0 Å². The van der Waals surface area contributed by atoms with Crippen LogP contribution in [-0.2, 0) is 17.8 Å². The number of carboxylic acid groups (broad SMARTS) is 1. The van der Waals surface area contributed by atoms with Crippen LogP contribution < -0.4 is 0 Å². The van der Waals surface area contributed by atoms with Crippen molar-refractivity contribution < 1.29 is 9.90 Å². The lowest BCUT2D eigenvalue weighted by Gasteiger charge is -2.26. The average molecular weight is 257 g/mol. The molecule has 0 radical (unpaired) electrons. The van der Waals surface area contributed by atoms with E-state index in [1.165, 1.54) is 30.2 Å². The van der Waals surface area contributed by atoms with Gasteiger partial charge in [-0.2, -0.15) is 0 Å². The minimum Gasteiger partial charge on any atom is -0.481 e. The summed E-state index contributed by atoms with van der Waals surface area (Å²) in [6.07, 6.45) is 7.00. The van der Waals surface area contributed by atoms with Crippen molar-refractivity contribution in [1.29, 1.82) is 0 Å². The maximum atomic E-state index is 10.7. The molecular formula is C16H19NO2. The third kappa shape index (κ3) is 2.50. The second-order valence-corrected chi connectivity index (χ2v) is 5.51. The Bertz CT molecular complexity index is 596. The zero-order valence-corrected chi connectivity index (χ0v) is 11.0. The van der Waals surface area contributed by atoms with Crippen molar-refractivity contribution in [3.8, 4) is 0 Å². The van der Waals surface area contributed by atoms with Crippen molar-refractivity contribution >= 4 is 16.9 Å². The van der Waals surface area contributed by atoms with Gasteiger partial charge in [-0.3, -0.25) is 4.79 Å². The molecule has 0 amide bonds. The zero-order chi connectivity index (χ0) is 13.2. The first-order valence-corrected chi connectivity index (χ1v) is 7.02. The highest BCUT2D eigenvalue weighted by molar-refractivity contribution is 5.84. The fourth-order valence-corrected chi connectivity index (χ4v) is 2.87. The number of nitrogens with zero attached hydrogens (tertiary/aromatic N) is 1. The first kappa shape index (κ1) is 12.3. The molecular weight excluding hydrogens is 238 g/mol. The van der Waals surface area contributed by atoms with Crippen molar-refractivity contribution in [2.75, 3.05) is 0 Å². The molecule has 1 heterocycles. The molecule has 1 aromatic carbocycles. The Morgan fingerprint density at radius 1 is 1.32 bits per heavy atom. The lowest BCUT2D eigenvalue weighted by molar-refractivity contribution is -0.136. The van der Waals surface area contributed by atoms with E-state index in [-0.39, 0.29) is 6.42 Å². The Hall–Kier alpha value is -1.77. The number of aromatic nitrogens is 1. The monoisotopic (exact) mass is 257 g/mol. The SMILES string of the molecule is O=C(O)CCc1cn(CC2CCC2)c2ccccc12. The Labute approximate surface area is 112 Å². The Morgan fingerprint density at radius 3 is 2.79 bits per heavy atom. The molecule has 1 aliphatic rings. The largest absolute Gasteiger partial charge is 0.481 e. The molecule has 2 aromatic rings. The molecule has 0 bridgehead atoms. The second kappa shape index (κ2) is 5.08. The first-order chi connectivity index (χ1) is 9.24. The van der Waals surface area contributed by atoms with Crippen LogP contribution in [0.4, 0.5) is 0 Å². The molecule has 1 aromatic heterocycles. The van der Waals surface area contributed by atoms with E-state index < -0.39 is 5.97 Å². The molecule has 3 nitrogen and oxygen atoms in total. The summed E-state index contributed by atoms with van der Waals surface area (Å²) in [6.45, 7) is 1.08. The first-order valence-electron chi connectivity index (χ1n) is 7.02. The van der Waals surface area contributed by atoms with Crippen LogP contribution in [-0.4, -0.2) is 15.6 Å². The molecule has 0 spiro atoms. The average Bonchev–Trinajstić information content (AvgIpc) is 2.70. The molecule has 1 saturated carbocycles. The number of carboxylic acids is 1. The molecule has 3 heteroatoms. The lowest BCUT2D eigenvalue weighted by Crippen LogP contribution is -2.17. The number of para-hydroxylation sites is 1. The van der Waals surface area contributed by atoms with Crippen LogP contribution in [0.25, 0.3) is 10.9 Å². The maximum Gasteiger partial charge on any atom is 0.303 e. The molecule has 3 rings (SSSR count). The van der Waals surface area contributed by atoms with Gasteiger partial charge >= 0.3 is 5.97 Å². The molecule has 0 unspecified atom stereocenters. The smallest absolute Gasteiger partial charge is 0.303 e. The Morgan fingerprint density at radius 2 is 2.11 bits per heavy atom. The van der Waals surface area contributed by atoms with Crippen molar-refractivity contribution in [3.63, 3.8) is 0 Å². The summed E-state index contributed by atoms with van der Waals surface area (Å²) in [5.41, 5.74) is 2.41. The van der Waals surface area contributed by atoms with Crippen LogP contribution in [0.1, 0.15) is 31.2 Å². The van der Waals surface area contributed by atoms with E-state index in [0.717, 1.165) is 18.0 Å². The van der Waals surface area contributed by atoms with Crippen LogP contribution in [0, 0.1) is 5.92 Å². The van der Waals surface area contributed by atoms with E-state index >= 15 is 0 Å². The van der Waals surface area contributed by atoms with Gasteiger partial charge in [0, 0.05) is 30.1 Å². The van der Waals surface area contributed by atoms with E-state index in [1.807, 2.05) is 6.07 Å². The number of benzene rings is 1. The Balaban J connectivity index is 1.90. The number of carbonyl (C=O) groups is 1. The van der Waals surface area contributed by atoms with E-state index in [2.05, 4.69) is 29.0 Å². The highest BCUT2D eigenvalue weighted by atomic mass is 16.4. The summed E-state index contributed by atoms with van der Waals surface area (Å²) in [5.74, 6) is 0.0824. The van der Waals surface area contributed by atoms with E-state index in [0.29, 0.717) is 6.42 Å². The van der Waals surface area contributed by atoms with Crippen molar-refractivity contribution in [1.82, 2.24) is 4.57 Å². The van der Waals surface area contributed by atoms with Gasteiger partial charge in [0.15, 0.2) is 0 Å². The van der Waals surface area contributed by atoms with Gasteiger partial charge in [-0.25, -0.2) is 0 Å². The topological polar surface area (TPSA) is 42.2 Å². The highest BCUT2D eigenvalue weighted by Gasteiger charge is 2.19. The highest BCUT2D eigenvalue weighted by Crippen LogP contribution is 2.30. The number of hydrogen-bond acceptors (Lipinski definition) is 1. The van der Waals surface area contributed by atoms with E-state index in [9.17, 15) is 4.79 Å². The fourth-order valence-electron chi connectivity index (χ4n) is 2.87. The molecule has 0 atom stereocenters. The normalized spacial score (nSPS) is 15.6. The van der Waals surface area contributed by atoms with Gasteiger partial charge in [-0.15, -0.1) is 0 Å². The minimum atomic E-state index is -0.726. The van der Waals surface area contributed by atoms with Crippen LogP contribution in [0.3, 0.4) is 0 Å². The molecule has 0 aliphatic heterocycles. The molecule has 19 heavy (non-hydrogen) atoms. The van der Waals surface area contributed by atoms with Gasteiger partial charge in [-0.1, -0.05) is 24.6 Å². The maximum absolute atomic E-state index is 10.7. The second-order valence-electron chi connectivity index (χ2n) is 5.51. The molecule has 1 aliphatic carbocycles. The quantitative estimate of drug-likeness (QED) is 0.891. The van der Waals surface area contributed by atoms with Crippen LogP contribution >= 0.6 is 0 Å². The standard InChI is InChI=1S/C16H19NO2/c18-16(19)9-8-13-11-17(10-12-4-3-5-12)15-7-2-1-6-14(13)15/h1-2,6-7,11-12H,3-5,8-10H2,(H,18,19). The summed E-state index contributed by atoms with van der Waals surface area (Å²) in [5, 5.41) is 10.1. The van der Waals surface area contributed by atoms with Crippen LogP contribution in [0.15, 0.2) is 30.5 Å². The molecule has 1 N–H and O–H groups in total. The van der Waals surface area contributed by atoms with Gasteiger partial charge < -0.3 is 9.67 Å². The minimum absolute atomic E-state index is 0.206. The van der Waals surface area contributed by atoms with Gasteiger partial charge in [0.05, 0.1) is 0 Å². The number of aryl methyl sites for hydroxylation is 1. The number of rotatable bonds is 5. The number of aliphatic carboxylic acids is 1.